The fraction of sp³-hybridized carbons (Fsp3) is 0.857. The molecule has 0 radical (unpaired) electrons. The van der Waals surface area contributed by atoms with Gasteiger partial charge in [-0.25, -0.2) is 0 Å². The zero-order chi connectivity index (χ0) is 6.15. The fourth-order valence-electron chi connectivity index (χ4n) is 0.950. The molecule has 1 fully saturated rings. The number of hydrogen-bond donors (Lipinski definition) is 1. The SMILES string of the molecule is CC(=N)C(C)C1CC1. The van der Waals surface area contributed by atoms with Gasteiger partial charge in [-0.2, -0.15) is 0 Å². The summed E-state index contributed by atoms with van der Waals surface area (Å²) in [5, 5.41) is 7.27. The lowest BCUT2D eigenvalue weighted by Crippen LogP contribution is -2.06. The quantitative estimate of drug-likeness (QED) is 0.527. The van der Waals surface area contributed by atoms with Crippen molar-refractivity contribution in [3.63, 3.8) is 0 Å². The van der Waals surface area contributed by atoms with Crippen molar-refractivity contribution >= 4 is 5.71 Å². The van der Waals surface area contributed by atoms with Crippen molar-refractivity contribution in [2.24, 2.45) is 11.8 Å². The van der Waals surface area contributed by atoms with Crippen molar-refractivity contribution in [1.29, 1.82) is 5.41 Å². The average Bonchev–Trinajstić information content (AvgIpc) is 2.43. The summed E-state index contributed by atoms with van der Waals surface area (Å²) in [5.41, 5.74) is 0.854. The molecule has 0 spiro atoms. The van der Waals surface area contributed by atoms with Gasteiger partial charge in [0.1, 0.15) is 0 Å². The Labute approximate surface area is 50.6 Å². The zero-order valence-electron chi connectivity index (χ0n) is 5.57. The van der Waals surface area contributed by atoms with E-state index in [1.54, 1.807) is 0 Å². The Morgan fingerprint density at radius 1 is 1.62 bits per heavy atom. The summed E-state index contributed by atoms with van der Waals surface area (Å²) in [5.74, 6) is 1.43. The molecule has 46 valence electrons. The highest BCUT2D eigenvalue weighted by Gasteiger charge is 2.28. The first-order valence-electron chi connectivity index (χ1n) is 3.27. The molecule has 1 heteroatoms. The van der Waals surface area contributed by atoms with E-state index in [1.807, 2.05) is 6.92 Å². The van der Waals surface area contributed by atoms with E-state index in [0.29, 0.717) is 5.92 Å². The maximum absolute atomic E-state index is 7.27. The first kappa shape index (κ1) is 5.80. The van der Waals surface area contributed by atoms with Gasteiger partial charge >= 0.3 is 0 Å². The monoisotopic (exact) mass is 111 g/mol. The summed E-state index contributed by atoms with van der Waals surface area (Å²) < 4.78 is 0. The molecule has 0 aromatic carbocycles. The van der Waals surface area contributed by atoms with Gasteiger partial charge in [-0.3, -0.25) is 0 Å². The minimum atomic E-state index is 0.565. The average molecular weight is 111 g/mol. The van der Waals surface area contributed by atoms with Crippen LogP contribution in [-0.4, -0.2) is 5.71 Å². The lowest BCUT2D eigenvalue weighted by atomic mass is 10.0. The Bertz CT molecular complexity index is 103. The van der Waals surface area contributed by atoms with Gasteiger partial charge in [0, 0.05) is 5.71 Å². The summed E-state index contributed by atoms with van der Waals surface area (Å²) >= 11 is 0. The van der Waals surface area contributed by atoms with E-state index in [9.17, 15) is 0 Å². The Balaban J connectivity index is 2.32. The maximum Gasteiger partial charge on any atom is 0.00891 e. The van der Waals surface area contributed by atoms with Crippen molar-refractivity contribution in [3.8, 4) is 0 Å². The number of rotatable bonds is 2. The molecule has 0 saturated heterocycles. The molecule has 0 heterocycles. The van der Waals surface area contributed by atoms with Crippen LogP contribution >= 0.6 is 0 Å². The minimum Gasteiger partial charge on any atom is -0.310 e. The summed E-state index contributed by atoms with van der Waals surface area (Å²) in [4.78, 5) is 0. The van der Waals surface area contributed by atoms with Gasteiger partial charge in [-0.05, 0) is 31.6 Å². The van der Waals surface area contributed by atoms with Crippen LogP contribution in [0, 0.1) is 17.2 Å². The normalized spacial score (nSPS) is 22.8. The molecule has 1 saturated carbocycles. The van der Waals surface area contributed by atoms with Gasteiger partial charge < -0.3 is 5.41 Å². The van der Waals surface area contributed by atoms with E-state index in [1.165, 1.54) is 12.8 Å². The van der Waals surface area contributed by atoms with Crippen LogP contribution in [0.5, 0.6) is 0 Å². The molecular formula is C7H13N. The van der Waals surface area contributed by atoms with E-state index < -0.39 is 0 Å². The second-order valence-electron chi connectivity index (χ2n) is 2.81. The highest BCUT2D eigenvalue weighted by molar-refractivity contribution is 5.81. The van der Waals surface area contributed by atoms with E-state index in [0.717, 1.165) is 11.6 Å². The molecule has 8 heavy (non-hydrogen) atoms. The first-order valence-corrected chi connectivity index (χ1v) is 3.27. The molecule has 1 N–H and O–H groups in total. The molecule has 0 bridgehead atoms. The van der Waals surface area contributed by atoms with Crippen LogP contribution in [-0.2, 0) is 0 Å². The summed E-state index contributed by atoms with van der Waals surface area (Å²) in [6.45, 7) is 4.06. The van der Waals surface area contributed by atoms with Crippen molar-refractivity contribution in [1.82, 2.24) is 0 Å². The van der Waals surface area contributed by atoms with E-state index in [2.05, 4.69) is 6.92 Å². The molecule has 0 amide bonds. The van der Waals surface area contributed by atoms with Crippen LogP contribution in [0.3, 0.4) is 0 Å². The second-order valence-corrected chi connectivity index (χ2v) is 2.81. The Morgan fingerprint density at radius 2 is 2.12 bits per heavy atom. The molecule has 0 aromatic rings. The van der Waals surface area contributed by atoms with E-state index in [-0.39, 0.29) is 0 Å². The van der Waals surface area contributed by atoms with Crippen LogP contribution in [0.2, 0.25) is 0 Å². The largest absolute Gasteiger partial charge is 0.310 e. The van der Waals surface area contributed by atoms with Gasteiger partial charge in [0.05, 0.1) is 0 Å². The Hall–Kier alpha value is -0.330. The highest BCUT2D eigenvalue weighted by Crippen LogP contribution is 2.36. The lowest BCUT2D eigenvalue weighted by molar-refractivity contribution is 0.660. The standard InChI is InChI=1S/C7H13N/c1-5(6(2)8)7-3-4-7/h5,7-8H,3-4H2,1-2H3. The van der Waals surface area contributed by atoms with Crippen molar-refractivity contribution in [3.05, 3.63) is 0 Å². The van der Waals surface area contributed by atoms with Crippen LogP contribution in [0.25, 0.3) is 0 Å². The lowest BCUT2D eigenvalue weighted by Gasteiger charge is -2.04. The van der Waals surface area contributed by atoms with E-state index >= 15 is 0 Å². The van der Waals surface area contributed by atoms with Crippen LogP contribution in [0.15, 0.2) is 0 Å². The fourth-order valence-corrected chi connectivity index (χ4v) is 0.950. The third-order valence-electron chi connectivity index (χ3n) is 2.01. The first-order chi connectivity index (χ1) is 3.72. The molecule has 1 rings (SSSR count). The number of hydrogen-bond acceptors (Lipinski definition) is 1. The maximum atomic E-state index is 7.27. The van der Waals surface area contributed by atoms with Crippen LogP contribution in [0.4, 0.5) is 0 Å². The molecule has 1 aliphatic carbocycles. The third kappa shape index (κ3) is 1.09. The molecule has 1 atom stereocenters. The van der Waals surface area contributed by atoms with Crippen molar-refractivity contribution in [2.75, 3.05) is 0 Å². The zero-order valence-corrected chi connectivity index (χ0v) is 5.57. The van der Waals surface area contributed by atoms with Gasteiger partial charge in [-0.15, -0.1) is 0 Å². The smallest absolute Gasteiger partial charge is 0.00891 e. The van der Waals surface area contributed by atoms with Gasteiger partial charge in [0.2, 0.25) is 0 Å². The molecule has 1 nitrogen and oxygen atoms in total. The Kier molecular flexibility index (Phi) is 1.37. The summed E-state index contributed by atoms with van der Waals surface area (Å²) in [7, 11) is 0. The molecule has 0 aromatic heterocycles. The van der Waals surface area contributed by atoms with Crippen molar-refractivity contribution < 1.29 is 0 Å². The predicted octanol–water partition coefficient (Wildman–Crippen LogP) is 2.07. The van der Waals surface area contributed by atoms with Crippen LogP contribution < -0.4 is 0 Å². The van der Waals surface area contributed by atoms with Crippen LogP contribution in [0.1, 0.15) is 26.7 Å². The number of nitrogens with one attached hydrogen (secondary N) is 1. The van der Waals surface area contributed by atoms with Gasteiger partial charge in [0.25, 0.3) is 0 Å². The topological polar surface area (TPSA) is 23.9 Å². The highest BCUT2D eigenvalue weighted by atomic mass is 14.5. The van der Waals surface area contributed by atoms with Crippen molar-refractivity contribution in [2.45, 2.75) is 26.7 Å². The van der Waals surface area contributed by atoms with Gasteiger partial charge in [0.15, 0.2) is 0 Å². The molecule has 1 aliphatic rings. The van der Waals surface area contributed by atoms with E-state index in [4.69, 9.17) is 5.41 Å². The molecule has 1 unspecified atom stereocenters. The Morgan fingerprint density at radius 3 is 2.25 bits per heavy atom. The van der Waals surface area contributed by atoms with Gasteiger partial charge in [-0.1, -0.05) is 6.92 Å². The summed E-state index contributed by atoms with van der Waals surface area (Å²) in [6.07, 6.45) is 2.72. The molecule has 0 aliphatic heterocycles. The summed E-state index contributed by atoms with van der Waals surface area (Å²) in [6, 6.07) is 0. The second kappa shape index (κ2) is 1.88. The third-order valence-corrected chi connectivity index (χ3v) is 2.01. The predicted molar refractivity (Wildman–Crippen MR) is 35.3 cm³/mol. The minimum absolute atomic E-state index is 0.565. The molecular weight excluding hydrogens is 98.1 g/mol.